The average molecular weight is 352 g/mol. The maximum absolute atomic E-state index is 13.2. The average Bonchev–Trinajstić information content (AvgIpc) is 3.02. The zero-order valence-corrected chi connectivity index (χ0v) is 12.6. The van der Waals surface area contributed by atoms with Crippen molar-refractivity contribution >= 4 is 5.82 Å². The van der Waals surface area contributed by atoms with Gasteiger partial charge in [0.2, 0.25) is 0 Å². The fourth-order valence-electron chi connectivity index (χ4n) is 2.56. The number of alkyl halides is 3. The van der Waals surface area contributed by atoms with E-state index in [0.717, 1.165) is 6.07 Å². The van der Waals surface area contributed by atoms with Crippen LogP contribution in [0.5, 0.6) is 0 Å². The van der Waals surface area contributed by atoms with Crippen molar-refractivity contribution in [2.45, 2.75) is 12.7 Å². The molecule has 0 saturated carbocycles. The summed E-state index contributed by atoms with van der Waals surface area (Å²) in [7, 11) is 0. The lowest BCUT2D eigenvalue weighted by atomic mass is 10.0. The summed E-state index contributed by atoms with van der Waals surface area (Å²) in [5, 5.41) is 26.7. The van der Waals surface area contributed by atoms with Crippen molar-refractivity contribution in [2.24, 2.45) is 0 Å². The number of nitriles is 1. The number of nitrogens with zero attached hydrogens (tertiary/aromatic N) is 3. The first-order chi connectivity index (χ1) is 11.8. The number of nitrogens with one attached hydrogen (secondary N) is 1. The molecule has 0 bridgehead atoms. The maximum Gasteiger partial charge on any atom is 0.418 e. The van der Waals surface area contributed by atoms with E-state index in [1.165, 1.54) is 0 Å². The molecule has 1 N–H and O–H groups in total. The standard InChI is InChI=1S/C15H10F3N3.NO3/c16-15(17,18)12-8-13(10-4-2-1-3-5-10)21-7-6-20-14(21)11(12)9-19;2-1(3)4/h1-5,8H,6-7H2;/q;-1/p+1. The summed E-state index contributed by atoms with van der Waals surface area (Å²) in [6, 6.07) is 11.6. The van der Waals surface area contributed by atoms with Crippen LogP contribution in [0.3, 0.4) is 0 Å². The van der Waals surface area contributed by atoms with Crippen LogP contribution in [0.1, 0.15) is 11.1 Å². The van der Waals surface area contributed by atoms with Gasteiger partial charge in [-0.25, -0.2) is 4.57 Å². The van der Waals surface area contributed by atoms with E-state index in [4.69, 9.17) is 20.6 Å². The van der Waals surface area contributed by atoms with Crippen LogP contribution >= 0.6 is 0 Å². The Labute approximate surface area is 139 Å². The zero-order valence-electron chi connectivity index (χ0n) is 12.6. The van der Waals surface area contributed by atoms with Crippen LogP contribution in [0, 0.1) is 26.7 Å². The molecule has 1 aliphatic rings. The summed E-state index contributed by atoms with van der Waals surface area (Å²) >= 11 is 0. The molecular formula is C15H11F3N4O3. The number of rotatable bonds is 1. The van der Waals surface area contributed by atoms with Crippen LogP contribution in [-0.2, 0) is 12.7 Å². The minimum Gasteiger partial charge on any atom is -0.356 e. The van der Waals surface area contributed by atoms with Gasteiger partial charge < -0.3 is 15.3 Å². The Balaban J connectivity index is 0.000000511. The second-order valence-electron chi connectivity index (χ2n) is 4.94. The second-order valence-corrected chi connectivity index (χ2v) is 4.94. The van der Waals surface area contributed by atoms with E-state index in [-0.39, 0.29) is 11.4 Å². The van der Waals surface area contributed by atoms with E-state index < -0.39 is 16.8 Å². The topological polar surface area (TPSA) is 106 Å². The van der Waals surface area contributed by atoms with E-state index in [9.17, 15) is 13.2 Å². The zero-order chi connectivity index (χ0) is 18.6. The highest BCUT2D eigenvalue weighted by Crippen LogP contribution is 2.36. The van der Waals surface area contributed by atoms with Crippen LogP contribution in [0.4, 0.5) is 19.0 Å². The number of hydrogen-bond acceptors (Lipinski definition) is 5. The fourth-order valence-corrected chi connectivity index (χ4v) is 2.56. The number of halogens is 3. The van der Waals surface area contributed by atoms with Gasteiger partial charge in [0, 0.05) is 5.56 Å². The molecular weight excluding hydrogens is 341 g/mol. The van der Waals surface area contributed by atoms with E-state index in [1.807, 2.05) is 0 Å². The first-order valence-electron chi connectivity index (χ1n) is 6.94. The summed E-state index contributed by atoms with van der Waals surface area (Å²) < 4.78 is 41.4. The normalized spacial score (nSPS) is 12.2. The summed E-state index contributed by atoms with van der Waals surface area (Å²) in [6.07, 6.45) is -4.56. The van der Waals surface area contributed by atoms with Crippen molar-refractivity contribution in [1.29, 1.82) is 5.26 Å². The van der Waals surface area contributed by atoms with Crippen molar-refractivity contribution in [3.05, 3.63) is 62.8 Å². The molecule has 0 saturated heterocycles. The maximum atomic E-state index is 13.2. The van der Waals surface area contributed by atoms with Gasteiger partial charge in [0.05, 0.1) is 10.7 Å². The lowest BCUT2D eigenvalue weighted by Crippen LogP contribution is -2.35. The van der Waals surface area contributed by atoms with Crippen LogP contribution in [-0.4, -0.2) is 11.6 Å². The number of anilines is 1. The first-order valence-corrected chi connectivity index (χ1v) is 6.94. The third kappa shape index (κ3) is 3.95. The van der Waals surface area contributed by atoms with Crippen molar-refractivity contribution in [3.8, 4) is 17.3 Å². The lowest BCUT2D eigenvalue weighted by Gasteiger charge is -2.13. The lowest BCUT2D eigenvalue weighted by molar-refractivity contribution is -0.659. The molecule has 0 atom stereocenters. The molecule has 2 aromatic rings. The molecule has 0 amide bonds. The third-order valence-electron chi connectivity index (χ3n) is 3.46. The molecule has 0 fully saturated rings. The number of hydrogen-bond donors (Lipinski definition) is 1. The molecule has 2 heterocycles. The first kappa shape index (κ1) is 18.0. The van der Waals surface area contributed by atoms with Crippen LogP contribution in [0.15, 0.2) is 36.4 Å². The van der Waals surface area contributed by atoms with Crippen molar-refractivity contribution in [2.75, 3.05) is 11.9 Å². The number of aromatic nitrogens is 1. The van der Waals surface area contributed by atoms with E-state index in [2.05, 4.69) is 5.32 Å². The smallest absolute Gasteiger partial charge is 0.356 e. The van der Waals surface area contributed by atoms with E-state index in [0.29, 0.717) is 24.3 Å². The molecule has 25 heavy (non-hydrogen) atoms. The predicted molar refractivity (Wildman–Crippen MR) is 80.6 cm³/mol. The Bertz CT molecular complexity index is 829. The number of benzene rings is 1. The van der Waals surface area contributed by atoms with Crippen molar-refractivity contribution < 1.29 is 22.8 Å². The summed E-state index contributed by atoms with van der Waals surface area (Å²) in [4.78, 5) is 8.25. The fraction of sp³-hybridized carbons (Fsp3) is 0.200. The highest BCUT2D eigenvalue weighted by molar-refractivity contribution is 5.64. The quantitative estimate of drug-likeness (QED) is 0.482. The minimum absolute atomic E-state index is 0.242. The molecule has 7 nitrogen and oxygen atoms in total. The molecule has 0 aliphatic carbocycles. The van der Waals surface area contributed by atoms with Crippen LogP contribution in [0.2, 0.25) is 0 Å². The second kappa shape index (κ2) is 7.04. The van der Waals surface area contributed by atoms with Gasteiger partial charge in [-0.2, -0.15) is 18.4 Å². The van der Waals surface area contributed by atoms with E-state index >= 15 is 0 Å². The summed E-state index contributed by atoms with van der Waals surface area (Å²) in [5.41, 5.74) is -0.0939. The Morgan fingerprint density at radius 2 is 1.84 bits per heavy atom. The summed E-state index contributed by atoms with van der Waals surface area (Å²) in [5.74, 6) is 0.242. The van der Waals surface area contributed by atoms with Gasteiger partial charge in [0.25, 0.3) is 5.82 Å². The SMILES string of the molecule is N#Cc1c(C(F)(F)F)cc(-c2ccccc2)[n+]2c1NCC2.O=[N+]([O-])[O-]. The summed E-state index contributed by atoms with van der Waals surface area (Å²) in [6.45, 7) is 1.04. The van der Waals surface area contributed by atoms with Gasteiger partial charge >= 0.3 is 6.18 Å². The van der Waals surface area contributed by atoms with Crippen molar-refractivity contribution in [1.82, 2.24) is 0 Å². The Kier molecular flexibility index (Phi) is 5.07. The van der Waals surface area contributed by atoms with Gasteiger partial charge in [0.15, 0.2) is 5.56 Å². The van der Waals surface area contributed by atoms with Gasteiger partial charge in [-0.05, 0) is 6.07 Å². The van der Waals surface area contributed by atoms with Crippen molar-refractivity contribution in [3.63, 3.8) is 0 Å². The van der Waals surface area contributed by atoms with Crippen LogP contribution < -0.4 is 9.88 Å². The Hall–Kier alpha value is -3.35. The van der Waals surface area contributed by atoms with E-state index in [1.54, 1.807) is 41.0 Å². The molecule has 1 aliphatic heterocycles. The monoisotopic (exact) mass is 352 g/mol. The minimum atomic E-state index is -4.56. The highest BCUT2D eigenvalue weighted by atomic mass is 19.4. The van der Waals surface area contributed by atoms with Gasteiger partial charge in [0.1, 0.15) is 24.9 Å². The highest BCUT2D eigenvalue weighted by Gasteiger charge is 2.40. The molecule has 0 unspecified atom stereocenters. The molecule has 130 valence electrons. The molecule has 1 aromatic carbocycles. The largest absolute Gasteiger partial charge is 0.418 e. The Morgan fingerprint density at radius 3 is 2.36 bits per heavy atom. The van der Waals surface area contributed by atoms with Gasteiger partial charge in [-0.1, -0.05) is 30.3 Å². The predicted octanol–water partition coefficient (Wildman–Crippen LogP) is 2.72. The molecule has 0 radical (unpaired) electrons. The third-order valence-corrected chi connectivity index (χ3v) is 3.46. The number of fused-ring (bicyclic) bond motifs is 1. The molecule has 10 heteroatoms. The van der Waals surface area contributed by atoms with Gasteiger partial charge in [-0.3, -0.25) is 5.32 Å². The molecule has 3 rings (SSSR count). The van der Waals surface area contributed by atoms with Gasteiger partial charge in [-0.15, -0.1) is 0 Å². The molecule has 0 spiro atoms. The Morgan fingerprint density at radius 1 is 1.24 bits per heavy atom. The number of pyridine rings is 1. The van der Waals surface area contributed by atoms with Crippen LogP contribution in [0.25, 0.3) is 11.3 Å². The molecule has 1 aromatic heterocycles.